The van der Waals surface area contributed by atoms with Gasteiger partial charge in [-0.3, -0.25) is 4.79 Å². The van der Waals surface area contributed by atoms with E-state index >= 15 is 0 Å². The molecule has 2 aromatic heterocycles. The topological polar surface area (TPSA) is 80.5 Å². The van der Waals surface area contributed by atoms with Crippen molar-refractivity contribution in [2.24, 2.45) is 0 Å². The van der Waals surface area contributed by atoms with Gasteiger partial charge in [0.15, 0.2) is 5.82 Å². The highest BCUT2D eigenvalue weighted by molar-refractivity contribution is 5.95. The van der Waals surface area contributed by atoms with E-state index in [9.17, 15) is 4.79 Å². The van der Waals surface area contributed by atoms with Gasteiger partial charge in [-0.2, -0.15) is 0 Å². The van der Waals surface area contributed by atoms with Gasteiger partial charge in [-0.05, 0) is 39.7 Å². The lowest BCUT2D eigenvalue weighted by atomic mass is 10.0. The molecule has 0 saturated carbocycles. The Morgan fingerprint density at radius 3 is 2.68 bits per heavy atom. The molecule has 25 heavy (non-hydrogen) atoms. The Morgan fingerprint density at radius 2 is 2.04 bits per heavy atom. The summed E-state index contributed by atoms with van der Waals surface area (Å²) in [6.07, 6.45) is 6.60. The minimum Gasteiger partial charge on any atom is -0.472 e. The van der Waals surface area contributed by atoms with E-state index in [4.69, 9.17) is 9.15 Å². The molecule has 1 saturated heterocycles. The molecule has 0 aliphatic carbocycles. The summed E-state index contributed by atoms with van der Waals surface area (Å²) < 4.78 is 11.0. The van der Waals surface area contributed by atoms with Gasteiger partial charge in [0.1, 0.15) is 5.76 Å². The molecule has 0 unspecified atom stereocenters. The van der Waals surface area contributed by atoms with Crippen LogP contribution in [0.25, 0.3) is 0 Å². The van der Waals surface area contributed by atoms with Gasteiger partial charge in [0.2, 0.25) is 0 Å². The van der Waals surface area contributed by atoms with Gasteiger partial charge in [0.05, 0.1) is 17.9 Å². The van der Waals surface area contributed by atoms with E-state index < -0.39 is 0 Å². The predicted molar refractivity (Wildman–Crippen MR) is 93.9 cm³/mol. The number of ether oxygens (including phenoxy) is 1. The van der Waals surface area contributed by atoms with Crippen molar-refractivity contribution in [3.05, 3.63) is 36.0 Å². The number of aryl methyl sites for hydroxylation is 1. The highest BCUT2D eigenvalue weighted by Crippen LogP contribution is 2.26. The Bertz CT molecular complexity index is 721. The molecule has 1 aliphatic heterocycles. The highest BCUT2D eigenvalue weighted by Gasteiger charge is 2.25. The molecule has 3 heterocycles. The standard InChI is InChI=1S/C18H24N4O3/c1-12(2)25-18-16(19-7-8-20-18)22-9-4-14(5-10-22)21-17(23)15-6-11-24-13(15)3/h6-8,11-12,14H,4-5,9-10H2,1-3H3,(H,21,23). The second-order valence-corrected chi connectivity index (χ2v) is 6.48. The molecular formula is C18H24N4O3. The van der Waals surface area contributed by atoms with Crippen molar-refractivity contribution >= 4 is 11.7 Å². The van der Waals surface area contributed by atoms with Gasteiger partial charge in [0.25, 0.3) is 11.8 Å². The van der Waals surface area contributed by atoms with Gasteiger partial charge in [-0.15, -0.1) is 0 Å². The number of aromatic nitrogens is 2. The van der Waals surface area contributed by atoms with Crippen molar-refractivity contribution < 1.29 is 13.9 Å². The van der Waals surface area contributed by atoms with Crippen LogP contribution in [0.2, 0.25) is 0 Å². The largest absolute Gasteiger partial charge is 0.472 e. The highest BCUT2D eigenvalue weighted by atomic mass is 16.5. The van der Waals surface area contributed by atoms with Gasteiger partial charge in [0, 0.05) is 31.5 Å². The van der Waals surface area contributed by atoms with Crippen molar-refractivity contribution in [1.29, 1.82) is 0 Å². The van der Waals surface area contributed by atoms with Crippen LogP contribution in [-0.4, -0.2) is 41.1 Å². The molecule has 1 amide bonds. The van der Waals surface area contributed by atoms with Gasteiger partial charge >= 0.3 is 0 Å². The molecule has 134 valence electrons. The zero-order valence-corrected chi connectivity index (χ0v) is 14.9. The van der Waals surface area contributed by atoms with E-state index in [1.165, 1.54) is 6.26 Å². The molecule has 0 spiro atoms. The number of rotatable bonds is 5. The van der Waals surface area contributed by atoms with Crippen LogP contribution in [0.4, 0.5) is 5.82 Å². The molecule has 1 aliphatic rings. The molecule has 1 N–H and O–H groups in total. The zero-order chi connectivity index (χ0) is 17.8. The number of anilines is 1. The lowest BCUT2D eigenvalue weighted by Gasteiger charge is -2.33. The van der Waals surface area contributed by atoms with Crippen LogP contribution < -0.4 is 15.0 Å². The van der Waals surface area contributed by atoms with E-state index in [0.29, 0.717) is 17.2 Å². The number of hydrogen-bond donors (Lipinski definition) is 1. The molecule has 7 heteroatoms. The van der Waals surface area contributed by atoms with Gasteiger partial charge < -0.3 is 19.4 Å². The average molecular weight is 344 g/mol. The maximum atomic E-state index is 12.3. The quantitative estimate of drug-likeness (QED) is 0.898. The third-order valence-corrected chi connectivity index (χ3v) is 4.23. The SMILES string of the molecule is Cc1occc1C(=O)NC1CCN(c2nccnc2OC(C)C)CC1. The molecule has 2 aromatic rings. The maximum Gasteiger partial charge on any atom is 0.257 e. The van der Waals surface area contributed by atoms with Crippen LogP contribution in [0.5, 0.6) is 5.88 Å². The Balaban J connectivity index is 1.59. The van der Waals surface area contributed by atoms with Crippen molar-refractivity contribution in [3.63, 3.8) is 0 Å². The van der Waals surface area contributed by atoms with Crippen LogP contribution in [0.3, 0.4) is 0 Å². The molecule has 0 bridgehead atoms. The first-order valence-electron chi connectivity index (χ1n) is 8.62. The van der Waals surface area contributed by atoms with E-state index in [1.807, 2.05) is 13.8 Å². The van der Waals surface area contributed by atoms with E-state index in [0.717, 1.165) is 31.7 Å². The van der Waals surface area contributed by atoms with Crippen LogP contribution in [-0.2, 0) is 0 Å². The Hall–Kier alpha value is -2.57. The number of piperidine rings is 1. The first kappa shape index (κ1) is 17.3. The van der Waals surface area contributed by atoms with Crippen LogP contribution >= 0.6 is 0 Å². The number of carbonyl (C=O) groups excluding carboxylic acids is 1. The Morgan fingerprint density at radius 1 is 1.32 bits per heavy atom. The van der Waals surface area contributed by atoms with E-state index in [2.05, 4.69) is 20.2 Å². The average Bonchev–Trinajstić information content (AvgIpc) is 3.02. The summed E-state index contributed by atoms with van der Waals surface area (Å²) >= 11 is 0. The molecule has 0 radical (unpaired) electrons. The number of nitrogens with zero attached hydrogens (tertiary/aromatic N) is 3. The first-order chi connectivity index (χ1) is 12.0. The first-order valence-corrected chi connectivity index (χ1v) is 8.62. The minimum absolute atomic E-state index is 0.0467. The van der Waals surface area contributed by atoms with Crippen molar-refractivity contribution in [2.45, 2.75) is 45.8 Å². The molecule has 1 fully saturated rings. The summed E-state index contributed by atoms with van der Waals surface area (Å²) in [6.45, 7) is 7.32. The summed E-state index contributed by atoms with van der Waals surface area (Å²) in [6, 6.07) is 1.85. The second kappa shape index (κ2) is 7.55. The van der Waals surface area contributed by atoms with E-state index in [1.54, 1.807) is 25.4 Å². The number of carbonyl (C=O) groups is 1. The monoisotopic (exact) mass is 344 g/mol. The molecule has 7 nitrogen and oxygen atoms in total. The van der Waals surface area contributed by atoms with Crippen molar-refractivity contribution in [1.82, 2.24) is 15.3 Å². The third kappa shape index (κ3) is 4.10. The lowest BCUT2D eigenvalue weighted by molar-refractivity contribution is 0.0929. The number of furan rings is 1. The number of amides is 1. The van der Waals surface area contributed by atoms with Crippen LogP contribution in [0.15, 0.2) is 29.1 Å². The third-order valence-electron chi connectivity index (χ3n) is 4.23. The van der Waals surface area contributed by atoms with Crippen LogP contribution in [0, 0.1) is 6.92 Å². The molecular weight excluding hydrogens is 320 g/mol. The minimum atomic E-state index is -0.0759. The normalized spacial score (nSPS) is 15.4. The zero-order valence-electron chi connectivity index (χ0n) is 14.9. The fraction of sp³-hybridized carbons (Fsp3) is 0.500. The van der Waals surface area contributed by atoms with Gasteiger partial charge in [-0.1, -0.05) is 0 Å². The maximum absolute atomic E-state index is 12.3. The summed E-state index contributed by atoms with van der Waals surface area (Å²) in [5.74, 6) is 1.90. The smallest absolute Gasteiger partial charge is 0.257 e. The van der Waals surface area contributed by atoms with Crippen molar-refractivity contribution in [2.75, 3.05) is 18.0 Å². The van der Waals surface area contributed by atoms with Crippen molar-refractivity contribution in [3.8, 4) is 5.88 Å². The Labute approximate surface area is 147 Å². The Kier molecular flexibility index (Phi) is 5.21. The summed E-state index contributed by atoms with van der Waals surface area (Å²) in [5, 5.41) is 3.09. The number of hydrogen-bond acceptors (Lipinski definition) is 6. The fourth-order valence-electron chi connectivity index (χ4n) is 2.96. The van der Waals surface area contributed by atoms with Crippen LogP contribution in [0.1, 0.15) is 42.8 Å². The van der Waals surface area contributed by atoms with E-state index in [-0.39, 0.29) is 18.1 Å². The summed E-state index contributed by atoms with van der Waals surface area (Å²) in [7, 11) is 0. The fourth-order valence-corrected chi connectivity index (χ4v) is 2.96. The number of nitrogens with one attached hydrogen (secondary N) is 1. The van der Waals surface area contributed by atoms with Gasteiger partial charge in [-0.25, -0.2) is 9.97 Å². The summed E-state index contributed by atoms with van der Waals surface area (Å²) in [5.41, 5.74) is 0.601. The molecule has 3 rings (SSSR count). The molecule has 0 atom stereocenters. The second-order valence-electron chi connectivity index (χ2n) is 6.48. The molecule has 0 aromatic carbocycles. The lowest BCUT2D eigenvalue weighted by Crippen LogP contribution is -2.45. The predicted octanol–water partition coefficient (Wildman–Crippen LogP) is 2.56. The summed E-state index contributed by atoms with van der Waals surface area (Å²) in [4.78, 5) is 23.2.